The smallest absolute Gasteiger partial charge is 0.305 e. The molecule has 0 rings (SSSR count). The zero-order valence-electron chi connectivity index (χ0n) is 12.4. The Hall–Kier alpha value is -1.14. The molecule has 20 heavy (non-hydrogen) atoms. The standard InChI is InChI=1S/C14H26O6/c1-3-14(18,4-2)11-20-13(17)8-6-5-7-12(16)19-10-9-15/h15,18H,3-11H2,1-2H3. The van der Waals surface area contributed by atoms with E-state index in [9.17, 15) is 14.7 Å². The summed E-state index contributed by atoms with van der Waals surface area (Å²) >= 11 is 0. The molecular formula is C14H26O6. The molecule has 0 spiro atoms. The third-order valence-electron chi connectivity index (χ3n) is 3.18. The van der Waals surface area contributed by atoms with Gasteiger partial charge in [0.1, 0.15) is 13.2 Å². The Bertz CT molecular complexity index is 285. The molecule has 2 N–H and O–H groups in total. The fourth-order valence-corrected chi connectivity index (χ4v) is 1.51. The molecule has 0 radical (unpaired) electrons. The second kappa shape index (κ2) is 10.6. The molecule has 6 heteroatoms. The maximum Gasteiger partial charge on any atom is 0.305 e. The summed E-state index contributed by atoms with van der Waals surface area (Å²) in [5.41, 5.74) is -0.941. The van der Waals surface area contributed by atoms with Crippen LogP contribution in [0.5, 0.6) is 0 Å². The van der Waals surface area contributed by atoms with Gasteiger partial charge in [0.2, 0.25) is 0 Å². The molecule has 0 aromatic rings. The van der Waals surface area contributed by atoms with Crippen LogP contribution in [0.2, 0.25) is 0 Å². The third kappa shape index (κ3) is 8.87. The van der Waals surface area contributed by atoms with Gasteiger partial charge in [0, 0.05) is 12.8 Å². The summed E-state index contributed by atoms with van der Waals surface area (Å²) in [6, 6.07) is 0. The van der Waals surface area contributed by atoms with E-state index in [2.05, 4.69) is 4.74 Å². The topological polar surface area (TPSA) is 93.1 Å². The van der Waals surface area contributed by atoms with Crippen molar-refractivity contribution in [3.63, 3.8) is 0 Å². The van der Waals surface area contributed by atoms with Crippen molar-refractivity contribution in [1.29, 1.82) is 0 Å². The van der Waals surface area contributed by atoms with Gasteiger partial charge in [-0.3, -0.25) is 9.59 Å². The van der Waals surface area contributed by atoms with Crippen LogP contribution in [-0.4, -0.2) is 47.6 Å². The maximum atomic E-state index is 11.5. The van der Waals surface area contributed by atoms with E-state index in [1.54, 1.807) is 0 Å². The van der Waals surface area contributed by atoms with E-state index in [1.807, 2.05) is 13.8 Å². The number of aliphatic hydroxyl groups excluding tert-OH is 1. The predicted octanol–water partition coefficient (Wildman–Crippen LogP) is 1.18. The largest absolute Gasteiger partial charge is 0.463 e. The normalized spacial score (nSPS) is 11.2. The Balaban J connectivity index is 3.66. The van der Waals surface area contributed by atoms with Crippen molar-refractivity contribution in [1.82, 2.24) is 0 Å². The molecule has 0 amide bonds. The van der Waals surface area contributed by atoms with E-state index in [0.29, 0.717) is 25.7 Å². The van der Waals surface area contributed by atoms with E-state index in [4.69, 9.17) is 9.84 Å². The van der Waals surface area contributed by atoms with Gasteiger partial charge in [0.05, 0.1) is 12.2 Å². The summed E-state index contributed by atoms with van der Waals surface area (Å²) in [6.45, 7) is 3.52. The van der Waals surface area contributed by atoms with Gasteiger partial charge in [-0.1, -0.05) is 13.8 Å². The van der Waals surface area contributed by atoms with Crippen molar-refractivity contribution in [2.75, 3.05) is 19.8 Å². The highest BCUT2D eigenvalue weighted by Crippen LogP contribution is 2.15. The third-order valence-corrected chi connectivity index (χ3v) is 3.18. The number of aliphatic hydroxyl groups is 2. The van der Waals surface area contributed by atoms with Gasteiger partial charge < -0.3 is 19.7 Å². The lowest BCUT2D eigenvalue weighted by Gasteiger charge is -2.24. The fraction of sp³-hybridized carbons (Fsp3) is 0.857. The van der Waals surface area contributed by atoms with E-state index >= 15 is 0 Å². The molecule has 6 nitrogen and oxygen atoms in total. The molecule has 0 bridgehead atoms. The molecule has 0 aliphatic carbocycles. The number of rotatable bonds is 11. The van der Waals surface area contributed by atoms with Crippen molar-refractivity contribution < 1.29 is 29.3 Å². The minimum absolute atomic E-state index is 0.00743. The summed E-state index contributed by atoms with van der Waals surface area (Å²) in [6.07, 6.45) is 2.58. The molecule has 0 atom stereocenters. The Kier molecular flexibility index (Phi) is 10.0. The van der Waals surface area contributed by atoms with Crippen molar-refractivity contribution in [3.05, 3.63) is 0 Å². The number of unbranched alkanes of at least 4 members (excludes halogenated alkanes) is 1. The number of esters is 2. The fourth-order valence-electron chi connectivity index (χ4n) is 1.51. The number of carbonyl (C=O) groups excluding carboxylic acids is 2. The van der Waals surface area contributed by atoms with Crippen LogP contribution in [0.3, 0.4) is 0 Å². The first-order chi connectivity index (χ1) is 9.47. The molecule has 0 unspecified atom stereocenters. The highest BCUT2D eigenvalue weighted by atomic mass is 16.5. The minimum atomic E-state index is -0.941. The average molecular weight is 290 g/mol. The predicted molar refractivity (Wildman–Crippen MR) is 73.0 cm³/mol. The zero-order chi connectivity index (χ0) is 15.4. The van der Waals surface area contributed by atoms with Crippen molar-refractivity contribution in [2.45, 2.75) is 58.0 Å². The number of ether oxygens (including phenoxy) is 2. The van der Waals surface area contributed by atoms with E-state index in [0.717, 1.165) is 0 Å². The van der Waals surface area contributed by atoms with Crippen LogP contribution < -0.4 is 0 Å². The van der Waals surface area contributed by atoms with Gasteiger partial charge in [-0.2, -0.15) is 0 Å². The average Bonchev–Trinajstić information content (AvgIpc) is 2.47. The number of hydrogen-bond donors (Lipinski definition) is 2. The zero-order valence-corrected chi connectivity index (χ0v) is 12.4. The number of carbonyl (C=O) groups is 2. The van der Waals surface area contributed by atoms with E-state index < -0.39 is 5.60 Å². The van der Waals surface area contributed by atoms with Crippen LogP contribution in [0.1, 0.15) is 52.4 Å². The Morgan fingerprint density at radius 3 is 1.95 bits per heavy atom. The SMILES string of the molecule is CCC(O)(CC)COC(=O)CCCCC(=O)OCCO. The summed E-state index contributed by atoms with van der Waals surface area (Å²) < 4.78 is 9.70. The number of hydrogen-bond acceptors (Lipinski definition) is 6. The minimum Gasteiger partial charge on any atom is -0.463 e. The van der Waals surface area contributed by atoms with Gasteiger partial charge in [-0.15, -0.1) is 0 Å². The lowest BCUT2D eigenvalue weighted by Crippen LogP contribution is -2.34. The van der Waals surface area contributed by atoms with Crippen molar-refractivity contribution in [3.8, 4) is 0 Å². The molecule has 0 aliphatic rings. The first-order valence-corrected chi connectivity index (χ1v) is 7.12. The molecular weight excluding hydrogens is 264 g/mol. The quantitative estimate of drug-likeness (QED) is 0.438. The van der Waals surface area contributed by atoms with Crippen LogP contribution >= 0.6 is 0 Å². The van der Waals surface area contributed by atoms with E-state index in [1.165, 1.54) is 0 Å². The molecule has 0 aromatic carbocycles. The Morgan fingerprint density at radius 2 is 1.50 bits per heavy atom. The lowest BCUT2D eigenvalue weighted by molar-refractivity contribution is -0.152. The lowest BCUT2D eigenvalue weighted by atomic mass is 9.99. The second-order valence-corrected chi connectivity index (χ2v) is 4.74. The highest BCUT2D eigenvalue weighted by Gasteiger charge is 2.24. The highest BCUT2D eigenvalue weighted by molar-refractivity contribution is 5.70. The van der Waals surface area contributed by atoms with Gasteiger partial charge in [-0.25, -0.2) is 0 Å². The van der Waals surface area contributed by atoms with Gasteiger partial charge >= 0.3 is 11.9 Å². The summed E-state index contributed by atoms with van der Waals surface area (Å²) in [7, 11) is 0. The van der Waals surface area contributed by atoms with Crippen LogP contribution in [0.4, 0.5) is 0 Å². The summed E-state index contributed by atoms with van der Waals surface area (Å²) in [5.74, 6) is -0.743. The van der Waals surface area contributed by atoms with Crippen molar-refractivity contribution >= 4 is 11.9 Å². The molecule has 0 saturated heterocycles. The molecule has 0 heterocycles. The summed E-state index contributed by atoms with van der Waals surface area (Å²) in [4.78, 5) is 22.6. The Morgan fingerprint density at radius 1 is 1.00 bits per heavy atom. The molecule has 0 aromatic heterocycles. The Labute approximate surface area is 120 Å². The van der Waals surface area contributed by atoms with Crippen LogP contribution in [0.15, 0.2) is 0 Å². The van der Waals surface area contributed by atoms with E-state index in [-0.39, 0.29) is 44.6 Å². The molecule has 118 valence electrons. The first kappa shape index (κ1) is 18.9. The molecule has 0 aliphatic heterocycles. The van der Waals surface area contributed by atoms with Crippen LogP contribution in [0.25, 0.3) is 0 Å². The van der Waals surface area contributed by atoms with Crippen LogP contribution in [0, 0.1) is 0 Å². The maximum absolute atomic E-state index is 11.5. The van der Waals surface area contributed by atoms with Crippen molar-refractivity contribution in [2.24, 2.45) is 0 Å². The van der Waals surface area contributed by atoms with Gasteiger partial charge in [0.15, 0.2) is 0 Å². The van der Waals surface area contributed by atoms with Gasteiger partial charge in [-0.05, 0) is 25.7 Å². The van der Waals surface area contributed by atoms with Crippen LogP contribution in [-0.2, 0) is 19.1 Å². The molecule has 0 fully saturated rings. The summed E-state index contributed by atoms with van der Waals surface area (Å²) in [5, 5.41) is 18.4. The molecule has 0 saturated carbocycles. The first-order valence-electron chi connectivity index (χ1n) is 7.12. The monoisotopic (exact) mass is 290 g/mol. The van der Waals surface area contributed by atoms with Gasteiger partial charge in [0.25, 0.3) is 0 Å². The second-order valence-electron chi connectivity index (χ2n) is 4.74.